The predicted molar refractivity (Wildman–Crippen MR) is 108 cm³/mol. The molecular weight excluding hydrogens is 342 g/mol. The molecule has 1 aromatic rings. The summed E-state index contributed by atoms with van der Waals surface area (Å²) in [5.74, 6) is 0.954. The lowest BCUT2D eigenvalue weighted by molar-refractivity contribution is -0.129. The van der Waals surface area contributed by atoms with Crippen LogP contribution in [-0.4, -0.2) is 74.4 Å². The monoisotopic (exact) mass is 373 g/mol. The number of nitrogens with one attached hydrogen (secondary N) is 2. The number of guanidine groups is 1. The van der Waals surface area contributed by atoms with Gasteiger partial charge in [0.05, 0.1) is 0 Å². The number of rotatable bonds is 6. The van der Waals surface area contributed by atoms with E-state index >= 15 is 0 Å². The minimum atomic E-state index is 0.00898. The van der Waals surface area contributed by atoms with Gasteiger partial charge in [0, 0.05) is 58.8 Å². The molecule has 1 fully saturated rings. The molecule has 1 heterocycles. The predicted octanol–water partition coefficient (Wildman–Crippen LogP) is 1.11. The van der Waals surface area contributed by atoms with Crippen LogP contribution in [0.5, 0.6) is 0 Å². The first-order valence-corrected chi connectivity index (χ1v) is 9.50. The van der Waals surface area contributed by atoms with Crippen molar-refractivity contribution < 1.29 is 9.59 Å². The maximum absolute atomic E-state index is 12.1. The van der Waals surface area contributed by atoms with Crippen molar-refractivity contribution in [3.05, 3.63) is 35.4 Å². The number of likely N-dealkylation sites (tertiary alicyclic amines) is 1. The van der Waals surface area contributed by atoms with Gasteiger partial charge < -0.3 is 20.4 Å². The van der Waals surface area contributed by atoms with Crippen molar-refractivity contribution in [3.63, 3.8) is 0 Å². The molecule has 2 N–H and O–H groups in total. The SMILES string of the molecule is CCC(=O)N1CCC(NC(=NC)NCCc2cccc(C(=O)N(C)C)c2)C1. The molecule has 27 heavy (non-hydrogen) atoms. The summed E-state index contributed by atoms with van der Waals surface area (Å²) in [7, 11) is 5.25. The fourth-order valence-electron chi connectivity index (χ4n) is 3.16. The van der Waals surface area contributed by atoms with E-state index in [1.807, 2.05) is 36.1 Å². The number of benzene rings is 1. The Morgan fingerprint density at radius 3 is 2.78 bits per heavy atom. The zero-order valence-corrected chi connectivity index (χ0v) is 16.8. The molecular formula is C20H31N5O2. The lowest BCUT2D eigenvalue weighted by atomic mass is 10.1. The number of hydrogen-bond donors (Lipinski definition) is 2. The van der Waals surface area contributed by atoms with Crippen molar-refractivity contribution in [1.82, 2.24) is 20.4 Å². The Kier molecular flexibility index (Phi) is 7.64. The molecule has 1 unspecified atom stereocenters. The third-order valence-electron chi connectivity index (χ3n) is 4.69. The Bertz CT molecular complexity index is 687. The summed E-state index contributed by atoms with van der Waals surface area (Å²) in [6.45, 7) is 4.13. The summed E-state index contributed by atoms with van der Waals surface area (Å²) in [4.78, 5) is 31.6. The van der Waals surface area contributed by atoms with E-state index in [4.69, 9.17) is 0 Å². The van der Waals surface area contributed by atoms with E-state index in [-0.39, 0.29) is 17.9 Å². The summed E-state index contributed by atoms with van der Waals surface area (Å²) >= 11 is 0. The van der Waals surface area contributed by atoms with E-state index in [1.54, 1.807) is 26.0 Å². The van der Waals surface area contributed by atoms with Gasteiger partial charge in [-0.25, -0.2) is 0 Å². The normalized spacial score (nSPS) is 17.0. The summed E-state index contributed by atoms with van der Waals surface area (Å²) in [5, 5.41) is 6.70. The number of carbonyl (C=O) groups excluding carboxylic acids is 2. The zero-order valence-electron chi connectivity index (χ0n) is 16.8. The van der Waals surface area contributed by atoms with Crippen LogP contribution in [-0.2, 0) is 11.2 Å². The fraction of sp³-hybridized carbons (Fsp3) is 0.550. The van der Waals surface area contributed by atoms with Gasteiger partial charge >= 0.3 is 0 Å². The molecule has 1 aromatic carbocycles. The first-order valence-electron chi connectivity index (χ1n) is 9.50. The highest BCUT2D eigenvalue weighted by Gasteiger charge is 2.25. The van der Waals surface area contributed by atoms with E-state index in [1.165, 1.54) is 0 Å². The summed E-state index contributed by atoms with van der Waals surface area (Å²) in [5.41, 5.74) is 1.80. The summed E-state index contributed by atoms with van der Waals surface area (Å²) < 4.78 is 0. The molecule has 1 atom stereocenters. The third kappa shape index (κ3) is 5.98. The van der Waals surface area contributed by atoms with Crippen molar-refractivity contribution in [2.45, 2.75) is 32.2 Å². The van der Waals surface area contributed by atoms with E-state index in [2.05, 4.69) is 15.6 Å². The summed E-state index contributed by atoms with van der Waals surface area (Å²) in [6.07, 6.45) is 2.27. The van der Waals surface area contributed by atoms with Crippen molar-refractivity contribution in [2.75, 3.05) is 40.8 Å². The number of hydrogen-bond acceptors (Lipinski definition) is 3. The first-order chi connectivity index (χ1) is 12.9. The van der Waals surface area contributed by atoms with Gasteiger partial charge in [0.2, 0.25) is 5.91 Å². The van der Waals surface area contributed by atoms with Crippen molar-refractivity contribution in [3.8, 4) is 0 Å². The molecule has 0 aromatic heterocycles. The molecule has 2 rings (SSSR count). The lowest BCUT2D eigenvalue weighted by Gasteiger charge is -2.18. The highest BCUT2D eigenvalue weighted by atomic mass is 16.2. The molecule has 7 nitrogen and oxygen atoms in total. The van der Waals surface area contributed by atoms with Gasteiger partial charge in [0.1, 0.15) is 0 Å². The van der Waals surface area contributed by atoms with Gasteiger partial charge in [-0.2, -0.15) is 0 Å². The Labute approximate surface area is 161 Å². The van der Waals surface area contributed by atoms with Gasteiger partial charge in [-0.15, -0.1) is 0 Å². The molecule has 0 bridgehead atoms. The van der Waals surface area contributed by atoms with Gasteiger partial charge in [-0.05, 0) is 30.5 Å². The van der Waals surface area contributed by atoms with Crippen molar-refractivity contribution in [2.24, 2.45) is 4.99 Å². The quantitative estimate of drug-likeness (QED) is 0.578. The maximum atomic E-state index is 12.1. The Morgan fingerprint density at radius 1 is 1.33 bits per heavy atom. The van der Waals surface area contributed by atoms with Gasteiger partial charge in [0.15, 0.2) is 5.96 Å². The van der Waals surface area contributed by atoms with Crippen LogP contribution in [0.15, 0.2) is 29.3 Å². The number of carbonyl (C=O) groups is 2. The molecule has 0 aliphatic carbocycles. The Hall–Kier alpha value is -2.57. The molecule has 0 spiro atoms. The number of aliphatic imine (C=N–C) groups is 1. The van der Waals surface area contributed by atoms with Crippen LogP contribution in [0.2, 0.25) is 0 Å². The fourth-order valence-corrected chi connectivity index (χ4v) is 3.16. The molecule has 0 saturated carbocycles. The molecule has 0 radical (unpaired) electrons. The second-order valence-electron chi connectivity index (χ2n) is 6.97. The van der Waals surface area contributed by atoms with Crippen molar-refractivity contribution >= 4 is 17.8 Å². The average Bonchev–Trinajstić information content (AvgIpc) is 3.14. The van der Waals surface area contributed by atoms with E-state index < -0.39 is 0 Å². The lowest BCUT2D eigenvalue weighted by Crippen LogP contribution is -2.45. The smallest absolute Gasteiger partial charge is 0.253 e. The van der Waals surface area contributed by atoms with Crippen molar-refractivity contribution in [1.29, 1.82) is 0 Å². The van der Waals surface area contributed by atoms with E-state index in [0.717, 1.165) is 37.5 Å². The van der Waals surface area contributed by atoms with E-state index in [0.29, 0.717) is 18.5 Å². The minimum absolute atomic E-state index is 0.00898. The van der Waals surface area contributed by atoms with Crippen LogP contribution in [0.1, 0.15) is 35.7 Å². The Balaban J connectivity index is 1.81. The largest absolute Gasteiger partial charge is 0.356 e. The summed E-state index contributed by atoms with van der Waals surface area (Å²) in [6, 6.07) is 7.94. The molecule has 148 valence electrons. The standard InChI is InChI=1S/C20H31N5O2/c1-5-18(26)25-12-10-17(14-25)23-20(21-2)22-11-9-15-7-6-8-16(13-15)19(27)24(3)4/h6-8,13,17H,5,9-12,14H2,1-4H3,(H2,21,22,23). The maximum Gasteiger partial charge on any atom is 0.253 e. The number of amides is 2. The highest BCUT2D eigenvalue weighted by Crippen LogP contribution is 2.10. The molecule has 1 saturated heterocycles. The Morgan fingerprint density at radius 2 is 2.11 bits per heavy atom. The van der Waals surface area contributed by atoms with E-state index in [9.17, 15) is 9.59 Å². The second-order valence-corrected chi connectivity index (χ2v) is 6.97. The topological polar surface area (TPSA) is 77.0 Å². The molecule has 1 aliphatic heterocycles. The average molecular weight is 374 g/mol. The zero-order chi connectivity index (χ0) is 19.8. The molecule has 7 heteroatoms. The minimum Gasteiger partial charge on any atom is -0.356 e. The van der Waals surface area contributed by atoms with Gasteiger partial charge in [0.25, 0.3) is 5.91 Å². The first kappa shape index (κ1) is 20.7. The highest BCUT2D eigenvalue weighted by molar-refractivity contribution is 5.94. The molecule has 1 aliphatic rings. The van der Waals surface area contributed by atoms with Crippen LogP contribution in [0.25, 0.3) is 0 Å². The van der Waals surface area contributed by atoms with Crippen LogP contribution >= 0.6 is 0 Å². The number of nitrogens with zero attached hydrogens (tertiary/aromatic N) is 3. The second kappa shape index (κ2) is 9.94. The van der Waals surface area contributed by atoms with Crippen LogP contribution in [0.4, 0.5) is 0 Å². The molecule has 2 amide bonds. The van der Waals surface area contributed by atoms with Crippen LogP contribution in [0.3, 0.4) is 0 Å². The third-order valence-corrected chi connectivity index (χ3v) is 4.69. The van der Waals surface area contributed by atoms with Crippen LogP contribution in [0, 0.1) is 0 Å². The van der Waals surface area contributed by atoms with Gasteiger partial charge in [-0.1, -0.05) is 19.1 Å². The van der Waals surface area contributed by atoms with Crippen LogP contribution < -0.4 is 10.6 Å². The van der Waals surface area contributed by atoms with Gasteiger partial charge in [-0.3, -0.25) is 14.6 Å².